The predicted molar refractivity (Wildman–Crippen MR) is 74.8 cm³/mol. The highest BCUT2D eigenvalue weighted by Crippen LogP contribution is 2.35. The summed E-state index contributed by atoms with van der Waals surface area (Å²) >= 11 is 7.26. The molecule has 6 heteroatoms. The van der Waals surface area contributed by atoms with E-state index in [2.05, 4.69) is 0 Å². The molecule has 2 heterocycles. The zero-order chi connectivity index (χ0) is 14.0. The number of rotatable bonds is 3. The number of carbonyl (C=O) groups is 2. The molecule has 0 saturated carbocycles. The van der Waals surface area contributed by atoms with E-state index >= 15 is 0 Å². The number of carboxylic acid groups (broad SMARTS) is 1. The Balaban J connectivity index is 2.20. The van der Waals surface area contributed by atoms with Crippen molar-refractivity contribution in [2.45, 2.75) is 26.2 Å². The number of thiophene rings is 1. The quantitative estimate of drug-likeness (QED) is 0.933. The first kappa shape index (κ1) is 14.3. The summed E-state index contributed by atoms with van der Waals surface area (Å²) in [4.78, 5) is 26.0. The van der Waals surface area contributed by atoms with Crippen LogP contribution in [-0.2, 0) is 4.79 Å². The van der Waals surface area contributed by atoms with Gasteiger partial charge in [-0.25, -0.2) is 0 Å². The van der Waals surface area contributed by atoms with Gasteiger partial charge in [0, 0.05) is 13.1 Å². The van der Waals surface area contributed by atoms with Crippen LogP contribution < -0.4 is 0 Å². The second-order valence-electron chi connectivity index (χ2n) is 4.87. The molecule has 0 radical (unpaired) electrons. The molecule has 19 heavy (non-hydrogen) atoms. The summed E-state index contributed by atoms with van der Waals surface area (Å²) in [6.45, 7) is 2.73. The van der Waals surface area contributed by atoms with Crippen LogP contribution in [0.2, 0.25) is 5.02 Å². The van der Waals surface area contributed by atoms with Crippen LogP contribution in [-0.4, -0.2) is 35.0 Å². The standard InChI is InChI=1S/C13H16ClNO3S/c1-2-13(12(17)18)5-3-6-15(8-13)11(16)10-9(14)4-7-19-10/h4,7H,2-3,5-6,8H2,1H3,(H,17,18). The monoisotopic (exact) mass is 301 g/mol. The number of piperidine rings is 1. The molecule has 1 N–H and O–H groups in total. The van der Waals surface area contributed by atoms with Crippen LogP contribution in [0.4, 0.5) is 0 Å². The van der Waals surface area contributed by atoms with Crippen LogP contribution in [0, 0.1) is 5.41 Å². The fourth-order valence-electron chi connectivity index (χ4n) is 2.51. The zero-order valence-corrected chi connectivity index (χ0v) is 12.3. The molecule has 2 rings (SSSR count). The highest BCUT2D eigenvalue weighted by Gasteiger charge is 2.42. The number of hydrogen-bond donors (Lipinski definition) is 1. The molecule has 0 aliphatic carbocycles. The second-order valence-corrected chi connectivity index (χ2v) is 6.19. The van der Waals surface area contributed by atoms with Gasteiger partial charge in [-0.05, 0) is 30.7 Å². The minimum atomic E-state index is -0.815. The molecule has 1 aliphatic heterocycles. The van der Waals surface area contributed by atoms with Gasteiger partial charge < -0.3 is 10.0 Å². The molecule has 1 aliphatic rings. The van der Waals surface area contributed by atoms with Gasteiger partial charge in [0.2, 0.25) is 0 Å². The largest absolute Gasteiger partial charge is 0.481 e. The van der Waals surface area contributed by atoms with Crippen LogP contribution >= 0.6 is 22.9 Å². The number of amides is 1. The van der Waals surface area contributed by atoms with Gasteiger partial charge in [0.25, 0.3) is 5.91 Å². The lowest BCUT2D eigenvalue weighted by Crippen LogP contribution is -2.49. The maximum absolute atomic E-state index is 12.4. The first-order valence-corrected chi connectivity index (χ1v) is 7.51. The van der Waals surface area contributed by atoms with Crippen LogP contribution in [0.15, 0.2) is 11.4 Å². The third-order valence-corrected chi connectivity index (χ3v) is 5.14. The molecule has 0 aromatic carbocycles. The van der Waals surface area contributed by atoms with Crippen molar-refractivity contribution in [1.29, 1.82) is 0 Å². The highest BCUT2D eigenvalue weighted by molar-refractivity contribution is 7.12. The fraction of sp³-hybridized carbons (Fsp3) is 0.538. The molecular formula is C13H16ClNO3S. The van der Waals surface area contributed by atoms with Crippen molar-refractivity contribution in [3.05, 3.63) is 21.3 Å². The maximum Gasteiger partial charge on any atom is 0.311 e. The van der Waals surface area contributed by atoms with Gasteiger partial charge in [-0.2, -0.15) is 0 Å². The number of aliphatic carboxylic acids is 1. The molecule has 1 unspecified atom stereocenters. The molecule has 0 bridgehead atoms. The molecule has 1 saturated heterocycles. The van der Waals surface area contributed by atoms with Crippen molar-refractivity contribution in [3.63, 3.8) is 0 Å². The van der Waals surface area contributed by atoms with Crippen molar-refractivity contribution >= 4 is 34.8 Å². The Morgan fingerprint density at radius 1 is 1.58 bits per heavy atom. The molecule has 1 aromatic heterocycles. The summed E-state index contributed by atoms with van der Waals surface area (Å²) in [5.74, 6) is -0.969. The van der Waals surface area contributed by atoms with Crippen molar-refractivity contribution in [3.8, 4) is 0 Å². The Morgan fingerprint density at radius 2 is 2.32 bits per heavy atom. The third kappa shape index (κ3) is 2.62. The van der Waals surface area contributed by atoms with E-state index in [-0.39, 0.29) is 12.5 Å². The van der Waals surface area contributed by atoms with Crippen molar-refractivity contribution in [2.24, 2.45) is 5.41 Å². The van der Waals surface area contributed by atoms with Gasteiger partial charge in [-0.1, -0.05) is 18.5 Å². The van der Waals surface area contributed by atoms with Crippen LogP contribution in [0.1, 0.15) is 35.9 Å². The minimum absolute atomic E-state index is 0.154. The molecule has 104 valence electrons. The number of hydrogen-bond acceptors (Lipinski definition) is 3. The summed E-state index contributed by atoms with van der Waals surface area (Å²) in [5.41, 5.74) is -0.808. The number of nitrogens with zero attached hydrogens (tertiary/aromatic N) is 1. The SMILES string of the molecule is CCC1(C(=O)O)CCCN(C(=O)c2sccc2Cl)C1. The first-order chi connectivity index (χ1) is 9.00. The molecule has 1 atom stereocenters. The van der Waals surface area contributed by atoms with E-state index in [1.807, 2.05) is 6.92 Å². The normalized spacial score (nSPS) is 23.4. The van der Waals surface area contributed by atoms with Gasteiger partial charge in [-0.15, -0.1) is 11.3 Å². The summed E-state index contributed by atoms with van der Waals surface area (Å²) in [7, 11) is 0. The lowest BCUT2D eigenvalue weighted by Gasteiger charge is -2.39. The number of carbonyl (C=O) groups excluding carboxylic acids is 1. The van der Waals surface area contributed by atoms with Gasteiger partial charge in [0.15, 0.2) is 0 Å². The summed E-state index contributed by atoms with van der Waals surface area (Å²) < 4.78 is 0. The first-order valence-electron chi connectivity index (χ1n) is 6.26. The van der Waals surface area contributed by atoms with Crippen molar-refractivity contribution in [1.82, 2.24) is 4.90 Å². The minimum Gasteiger partial charge on any atom is -0.481 e. The number of halogens is 1. The van der Waals surface area contributed by atoms with Crippen LogP contribution in [0.3, 0.4) is 0 Å². The molecule has 4 nitrogen and oxygen atoms in total. The van der Waals surface area contributed by atoms with E-state index in [1.54, 1.807) is 16.3 Å². The van der Waals surface area contributed by atoms with E-state index in [0.717, 1.165) is 6.42 Å². The Kier molecular flexibility index (Phi) is 4.16. The molecule has 1 amide bonds. The average Bonchev–Trinajstić information content (AvgIpc) is 2.84. The van der Waals surface area contributed by atoms with Gasteiger partial charge >= 0.3 is 5.97 Å². The fourth-order valence-corrected chi connectivity index (χ4v) is 3.61. The number of carboxylic acids is 1. The molecule has 0 spiro atoms. The Morgan fingerprint density at radius 3 is 2.84 bits per heavy atom. The van der Waals surface area contributed by atoms with E-state index in [4.69, 9.17) is 11.6 Å². The predicted octanol–water partition coefficient (Wildman–Crippen LogP) is 3.12. The summed E-state index contributed by atoms with van der Waals surface area (Å²) in [5, 5.41) is 11.6. The Labute approximate surface area is 121 Å². The number of likely N-dealkylation sites (tertiary alicyclic amines) is 1. The third-order valence-electron chi connectivity index (χ3n) is 3.81. The molecular weight excluding hydrogens is 286 g/mol. The van der Waals surface area contributed by atoms with Gasteiger partial charge in [0.1, 0.15) is 4.88 Å². The maximum atomic E-state index is 12.4. The zero-order valence-electron chi connectivity index (χ0n) is 10.7. The Bertz CT molecular complexity index is 502. The van der Waals surface area contributed by atoms with Crippen molar-refractivity contribution in [2.75, 3.05) is 13.1 Å². The van der Waals surface area contributed by atoms with E-state index in [1.165, 1.54) is 11.3 Å². The highest BCUT2D eigenvalue weighted by atomic mass is 35.5. The molecule has 1 aromatic rings. The molecule has 1 fully saturated rings. The van der Waals surface area contributed by atoms with Gasteiger partial charge in [0.05, 0.1) is 10.4 Å². The van der Waals surface area contributed by atoms with Gasteiger partial charge in [-0.3, -0.25) is 9.59 Å². The summed E-state index contributed by atoms with van der Waals surface area (Å²) in [6, 6.07) is 1.69. The summed E-state index contributed by atoms with van der Waals surface area (Å²) in [6.07, 6.45) is 1.87. The van der Waals surface area contributed by atoms with E-state index in [0.29, 0.717) is 29.3 Å². The van der Waals surface area contributed by atoms with E-state index < -0.39 is 11.4 Å². The topological polar surface area (TPSA) is 57.6 Å². The van der Waals surface area contributed by atoms with Crippen molar-refractivity contribution < 1.29 is 14.7 Å². The lowest BCUT2D eigenvalue weighted by molar-refractivity contribution is -0.152. The van der Waals surface area contributed by atoms with Crippen LogP contribution in [0.5, 0.6) is 0 Å². The lowest BCUT2D eigenvalue weighted by atomic mass is 9.77. The van der Waals surface area contributed by atoms with E-state index in [9.17, 15) is 14.7 Å². The Hall–Kier alpha value is -1.07. The average molecular weight is 302 g/mol. The second kappa shape index (κ2) is 5.51. The van der Waals surface area contributed by atoms with Crippen LogP contribution in [0.25, 0.3) is 0 Å². The smallest absolute Gasteiger partial charge is 0.311 e.